The van der Waals surface area contributed by atoms with Crippen LogP contribution in [-0.2, 0) is 0 Å². The number of ether oxygens (including phenoxy) is 1. The van der Waals surface area contributed by atoms with Gasteiger partial charge in [0.05, 0.1) is 13.3 Å². The molecule has 4 rings (SSSR count). The van der Waals surface area contributed by atoms with Gasteiger partial charge in [-0.25, -0.2) is 4.79 Å². The number of anilines is 2. The fourth-order valence-corrected chi connectivity index (χ4v) is 3.63. The van der Waals surface area contributed by atoms with Gasteiger partial charge in [-0.15, -0.1) is 0 Å². The van der Waals surface area contributed by atoms with Crippen molar-refractivity contribution in [3.8, 4) is 5.75 Å². The number of rotatable bonds is 5. The zero-order valence-corrected chi connectivity index (χ0v) is 17.0. The van der Waals surface area contributed by atoms with Gasteiger partial charge in [0.1, 0.15) is 5.75 Å². The van der Waals surface area contributed by atoms with Crippen LogP contribution in [-0.4, -0.2) is 47.4 Å². The van der Waals surface area contributed by atoms with Crippen molar-refractivity contribution >= 4 is 29.3 Å². The molecule has 1 aromatic carbocycles. The van der Waals surface area contributed by atoms with Gasteiger partial charge in [-0.2, -0.15) is 4.98 Å². The molecule has 1 aliphatic heterocycles. The number of pyridine rings is 1. The number of carbonyl (C=O) groups excluding carboxylic acids is 1. The Morgan fingerprint density at radius 2 is 2.07 bits per heavy atom. The lowest BCUT2D eigenvalue weighted by atomic mass is 9.89. The fraction of sp³-hybridized carbons (Fsp3) is 0.300. The Balaban J connectivity index is 1.50. The fourth-order valence-electron chi connectivity index (χ4n) is 3.51. The number of hydrogen-bond donors (Lipinski definition) is 2. The summed E-state index contributed by atoms with van der Waals surface area (Å²) in [6.07, 6.45) is 3.74. The quantitative estimate of drug-likeness (QED) is 0.642. The molecule has 156 valence electrons. The summed E-state index contributed by atoms with van der Waals surface area (Å²) in [6, 6.07) is 10.8. The van der Waals surface area contributed by atoms with E-state index in [1.54, 1.807) is 37.6 Å². The zero-order chi connectivity index (χ0) is 20.9. The first kappa shape index (κ1) is 20.0. The summed E-state index contributed by atoms with van der Waals surface area (Å²) in [5, 5.41) is 10.2. The van der Waals surface area contributed by atoms with Gasteiger partial charge in [-0.05, 0) is 42.8 Å². The molecule has 0 radical (unpaired) electrons. The molecule has 0 saturated carbocycles. The van der Waals surface area contributed by atoms with Gasteiger partial charge in [-0.1, -0.05) is 16.8 Å². The molecule has 2 N–H and O–H groups in total. The average molecular weight is 429 g/mol. The van der Waals surface area contributed by atoms with Crippen molar-refractivity contribution in [2.45, 2.75) is 18.4 Å². The zero-order valence-electron chi connectivity index (χ0n) is 16.3. The van der Waals surface area contributed by atoms with Crippen LogP contribution in [0.2, 0.25) is 5.02 Å². The van der Waals surface area contributed by atoms with E-state index in [2.05, 4.69) is 25.8 Å². The lowest BCUT2D eigenvalue weighted by Crippen LogP contribution is -2.51. The molecule has 0 aliphatic carbocycles. The van der Waals surface area contributed by atoms with Crippen LogP contribution in [0.3, 0.4) is 0 Å². The number of halogens is 1. The summed E-state index contributed by atoms with van der Waals surface area (Å²) < 4.78 is 10.4. The number of amides is 2. The SMILES string of the molecule is COc1ccc([C@@H]2CN(c3ncno3)CC[C@H]2NC(=O)Nc2ccc(Cl)cc2)nc1. The van der Waals surface area contributed by atoms with Crippen LogP contribution >= 0.6 is 11.6 Å². The molecule has 0 bridgehead atoms. The summed E-state index contributed by atoms with van der Waals surface area (Å²) in [5.41, 5.74) is 1.51. The Kier molecular flexibility index (Phi) is 5.99. The minimum Gasteiger partial charge on any atom is -0.495 e. The van der Waals surface area contributed by atoms with E-state index < -0.39 is 0 Å². The number of benzene rings is 1. The molecule has 3 aromatic rings. The second kappa shape index (κ2) is 9.00. The van der Waals surface area contributed by atoms with Crippen LogP contribution in [0.5, 0.6) is 5.75 Å². The minimum absolute atomic E-state index is 0.0764. The summed E-state index contributed by atoms with van der Waals surface area (Å²) >= 11 is 5.90. The maximum atomic E-state index is 12.6. The van der Waals surface area contributed by atoms with Crippen LogP contribution < -0.4 is 20.3 Å². The molecular weight excluding hydrogens is 408 g/mol. The number of nitrogens with zero attached hydrogens (tertiary/aromatic N) is 4. The van der Waals surface area contributed by atoms with Gasteiger partial charge in [0, 0.05) is 41.5 Å². The molecule has 3 heterocycles. The van der Waals surface area contributed by atoms with Crippen molar-refractivity contribution in [1.29, 1.82) is 0 Å². The van der Waals surface area contributed by atoms with Gasteiger partial charge in [0.2, 0.25) is 0 Å². The van der Waals surface area contributed by atoms with Gasteiger partial charge in [-0.3, -0.25) is 4.98 Å². The smallest absolute Gasteiger partial charge is 0.323 e. The Labute approximate surface area is 178 Å². The lowest BCUT2D eigenvalue weighted by molar-refractivity contribution is 0.242. The van der Waals surface area contributed by atoms with E-state index in [0.29, 0.717) is 42.0 Å². The van der Waals surface area contributed by atoms with Crippen molar-refractivity contribution in [3.63, 3.8) is 0 Å². The Morgan fingerprint density at radius 3 is 2.73 bits per heavy atom. The highest BCUT2D eigenvalue weighted by Gasteiger charge is 2.34. The van der Waals surface area contributed by atoms with E-state index in [9.17, 15) is 4.79 Å². The highest BCUT2D eigenvalue weighted by atomic mass is 35.5. The summed E-state index contributed by atoms with van der Waals surface area (Å²) in [7, 11) is 1.60. The third-order valence-electron chi connectivity index (χ3n) is 5.03. The number of aromatic nitrogens is 3. The maximum Gasteiger partial charge on any atom is 0.323 e. The predicted molar refractivity (Wildman–Crippen MR) is 112 cm³/mol. The lowest BCUT2D eigenvalue weighted by Gasteiger charge is -2.37. The second-order valence-electron chi connectivity index (χ2n) is 6.90. The van der Waals surface area contributed by atoms with Crippen LogP contribution in [0.4, 0.5) is 16.5 Å². The summed E-state index contributed by atoms with van der Waals surface area (Å²) in [4.78, 5) is 23.3. The molecule has 2 aromatic heterocycles. The van der Waals surface area contributed by atoms with Gasteiger partial charge >= 0.3 is 12.0 Å². The van der Waals surface area contributed by atoms with E-state index in [-0.39, 0.29) is 18.0 Å². The van der Waals surface area contributed by atoms with E-state index in [4.69, 9.17) is 20.9 Å². The number of piperidine rings is 1. The van der Waals surface area contributed by atoms with Crippen LogP contribution in [0.1, 0.15) is 18.0 Å². The Morgan fingerprint density at radius 1 is 1.23 bits per heavy atom. The second-order valence-corrected chi connectivity index (χ2v) is 7.34. The third-order valence-corrected chi connectivity index (χ3v) is 5.28. The molecule has 1 saturated heterocycles. The van der Waals surface area contributed by atoms with Crippen molar-refractivity contribution in [2.24, 2.45) is 0 Å². The maximum absolute atomic E-state index is 12.6. The number of methoxy groups -OCH3 is 1. The highest BCUT2D eigenvalue weighted by Crippen LogP contribution is 2.29. The average Bonchev–Trinajstić information content (AvgIpc) is 3.31. The molecule has 2 atom stereocenters. The first-order valence-electron chi connectivity index (χ1n) is 9.47. The molecule has 0 spiro atoms. The summed E-state index contributed by atoms with van der Waals surface area (Å²) in [5.74, 6) is 0.598. The van der Waals surface area contributed by atoms with Crippen molar-refractivity contribution < 1.29 is 14.1 Å². The first-order chi connectivity index (χ1) is 14.6. The van der Waals surface area contributed by atoms with Crippen molar-refractivity contribution in [3.05, 3.63) is 59.6 Å². The molecule has 1 fully saturated rings. The first-order valence-corrected chi connectivity index (χ1v) is 9.85. The van der Waals surface area contributed by atoms with Gasteiger partial charge in [0.15, 0.2) is 6.33 Å². The van der Waals surface area contributed by atoms with Crippen molar-refractivity contribution in [1.82, 2.24) is 20.4 Å². The van der Waals surface area contributed by atoms with E-state index in [1.807, 2.05) is 17.0 Å². The van der Waals surface area contributed by atoms with E-state index >= 15 is 0 Å². The summed E-state index contributed by atoms with van der Waals surface area (Å²) in [6.45, 7) is 1.24. The Hall–Kier alpha value is -3.33. The predicted octanol–water partition coefficient (Wildman–Crippen LogP) is 3.31. The normalized spacial score (nSPS) is 18.7. The standard InChI is InChI=1S/C20H21ClN6O3/c1-29-15-6-7-17(22-10-15)16-11-27(20-23-12-24-30-20)9-8-18(16)26-19(28)25-14-4-2-13(21)3-5-14/h2-7,10,12,16,18H,8-9,11H2,1H3,(H2,25,26,28)/t16-,18+/m0/s1. The third kappa shape index (κ3) is 4.62. The molecule has 9 nitrogen and oxygen atoms in total. The highest BCUT2D eigenvalue weighted by molar-refractivity contribution is 6.30. The number of urea groups is 1. The Bertz CT molecular complexity index is 965. The van der Waals surface area contributed by atoms with Crippen LogP contribution in [0.15, 0.2) is 53.4 Å². The van der Waals surface area contributed by atoms with E-state index in [0.717, 1.165) is 5.69 Å². The van der Waals surface area contributed by atoms with Gasteiger partial charge < -0.3 is 24.8 Å². The van der Waals surface area contributed by atoms with Crippen LogP contribution in [0.25, 0.3) is 0 Å². The molecule has 0 unspecified atom stereocenters. The van der Waals surface area contributed by atoms with Crippen molar-refractivity contribution in [2.75, 3.05) is 30.4 Å². The molecular formula is C20H21ClN6O3. The molecule has 10 heteroatoms. The largest absolute Gasteiger partial charge is 0.495 e. The topological polar surface area (TPSA) is 105 Å². The number of nitrogens with one attached hydrogen (secondary N) is 2. The number of carbonyl (C=O) groups is 1. The van der Waals surface area contributed by atoms with E-state index in [1.165, 1.54) is 6.33 Å². The molecule has 1 aliphatic rings. The van der Waals surface area contributed by atoms with Crippen LogP contribution in [0, 0.1) is 0 Å². The molecule has 30 heavy (non-hydrogen) atoms. The monoisotopic (exact) mass is 428 g/mol. The van der Waals surface area contributed by atoms with Gasteiger partial charge in [0.25, 0.3) is 0 Å². The number of hydrogen-bond acceptors (Lipinski definition) is 7. The molecule has 2 amide bonds. The minimum atomic E-state index is -0.285.